The fourth-order valence-electron chi connectivity index (χ4n) is 2.48. The second-order valence-corrected chi connectivity index (χ2v) is 7.68. The standard InChI is InChI=1S/C14H19NO3S/c16-14(12-6-7-12,11-4-2-1-3-5-11)10-15-19(17,18)13-8-9-13/h1-5,12-13,15-16H,6-10H2/t14-/m0/s1. The third-order valence-electron chi connectivity index (χ3n) is 4.03. The number of benzene rings is 1. The van der Waals surface area contributed by atoms with E-state index in [2.05, 4.69) is 4.72 Å². The minimum absolute atomic E-state index is 0.0838. The molecule has 0 amide bonds. The summed E-state index contributed by atoms with van der Waals surface area (Å²) >= 11 is 0. The number of rotatable bonds is 6. The number of sulfonamides is 1. The first-order chi connectivity index (χ1) is 9.02. The van der Waals surface area contributed by atoms with Crippen LogP contribution in [0.15, 0.2) is 30.3 Å². The lowest BCUT2D eigenvalue weighted by molar-refractivity contribution is 0.0185. The Kier molecular flexibility index (Phi) is 3.15. The Bertz CT molecular complexity index is 549. The second-order valence-electron chi connectivity index (χ2n) is 5.63. The van der Waals surface area contributed by atoms with Gasteiger partial charge in [0, 0.05) is 6.54 Å². The Morgan fingerprint density at radius 1 is 1.16 bits per heavy atom. The zero-order chi connectivity index (χ0) is 13.5. The van der Waals surface area contributed by atoms with Crippen LogP contribution in [0.1, 0.15) is 31.2 Å². The molecule has 0 radical (unpaired) electrons. The highest BCUT2D eigenvalue weighted by molar-refractivity contribution is 7.90. The molecule has 2 N–H and O–H groups in total. The van der Waals surface area contributed by atoms with Gasteiger partial charge in [-0.15, -0.1) is 0 Å². The van der Waals surface area contributed by atoms with Crippen LogP contribution in [0.5, 0.6) is 0 Å². The van der Waals surface area contributed by atoms with E-state index >= 15 is 0 Å². The summed E-state index contributed by atoms with van der Waals surface area (Å²) in [6.07, 6.45) is 3.39. The van der Waals surface area contributed by atoms with Gasteiger partial charge in [-0.1, -0.05) is 30.3 Å². The maximum Gasteiger partial charge on any atom is 0.214 e. The van der Waals surface area contributed by atoms with Crippen LogP contribution in [0.2, 0.25) is 0 Å². The molecule has 19 heavy (non-hydrogen) atoms. The van der Waals surface area contributed by atoms with Crippen molar-refractivity contribution in [3.05, 3.63) is 35.9 Å². The molecule has 0 aliphatic heterocycles. The molecule has 2 aliphatic rings. The van der Waals surface area contributed by atoms with Crippen molar-refractivity contribution >= 4 is 10.0 Å². The highest BCUT2D eigenvalue weighted by Gasteiger charge is 2.46. The maximum atomic E-state index is 11.9. The number of hydrogen-bond donors (Lipinski definition) is 2. The van der Waals surface area contributed by atoms with Crippen LogP contribution in [-0.4, -0.2) is 25.3 Å². The first kappa shape index (κ1) is 13.1. The van der Waals surface area contributed by atoms with E-state index in [0.717, 1.165) is 31.2 Å². The molecule has 5 heteroatoms. The summed E-state index contributed by atoms with van der Waals surface area (Å²) in [4.78, 5) is 0. The monoisotopic (exact) mass is 281 g/mol. The molecule has 2 fully saturated rings. The minimum atomic E-state index is -3.24. The summed E-state index contributed by atoms with van der Waals surface area (Å²) < 4.78 is 26.4. The molecule has 2 saturated carbocycles. The molecule has 0 saturated heterocycles. The smallest absolute Gasteiger partial charge is 0.214 e. The van der Waals surface area contributed by atoms with Crippen molar-refractivity contribution in [3.8, 4) is 0 Å². The molecule has 1 aromatic carbocycles. The van der Waals surface area contributed by atoms with Gasteiger partial charge in [0.1, 0.15) is 5.60 Å². The van der Waals surface area contributed by atoms with Gasteiger partial charge in [0.25, 0.3) is 0 Å². The molecule has 2 aliphatic carbocycles. The zero-order valence-electron chi connectivity index (χ0n) is 10.7. The summed E-state index contributed by atoms with van der Waals surface area (Å²) in [6, 6.07) is 9.37. The van der Waals surface area contributed by atoms with Crippen LogP contribution >= 0.6 is 0 Å². The van der Waals surface area contributed by atoms with E-state index in [1.807, 2.05) is 30.3 Å². The Balaban J connectivity index is 1.78. The van der Waals surface area contributed by atoms with E-state index < -0.39 is 15.6 Å². The summed E-state index contributed by atoms with van der Waals surface area (Å²) in [7, 11) is -3.24. The number of hydrogen-bond acceptors (Lipinski definition) is 3. The van der Waals surface area contributed by atoms with Crippen molar-refractivity contribution < 1.29 is 13.5 Å². The van der Waals surface area contributed by atoms with Gasteiger partial charge in [-0.05, 0) is 37.2 Å². The van der Waals surface area contributed by atoms with E-state index in [-0.39, 0.29) is 17.7 Å². The average Bonchev–Trinajstić information content (AvgIpc) is 3.29. The van der Waals surface area contributed by atoms with Gasteiger partial charge in [-0.25, -0.2) is 13.1 Å². The summed E-state index contributed by atoms with van der Waals surface area (Å²) in [5.41, 5.74) is -0.264. The van der Waals surface area contributed by atoms with Crippen LogP contribution in [0.3, 0.4) is 0 Å². The molecule has 104 valence electrons. The van der Waals surface area contributed by atoms with Crippen LogP contribution in [0, 0.1) is 5.92 Å². The molecule has 4 nitrogen and oxygen atoms in total. The van der Waals surface area contributed by atoms with Crippen molar-refractivity contribution in [3.63, 3.8) is 0 Å². The molecule has 0 bridgehead atoms. The molecule has 0 heterocycles. The molecular weight excluding hydrogens is 262 g/mol. The van der Waals surface area contributed by atoms with Gasteiger partial charge >= 0.3 is 0 Å². The second kappa shape index (κ2) is 4.58. The van der Waals surface area contributed by atoms with Crippen molar-refractivity contribution in [1.82, 2.24) is 4.72 Å². The molecule has 0 aromatic heterocycles. The zero-order valence-corrected chi connectivity index (χ0v) is 11.6. The topological polar surface area (TPSA) is 66.4 Å². The lowest BCUT2D eigenvalue weighted by Crippen LogP contribution is -2.43. The third kappa shape index (κ3) is 2.68. The van der Waals surface area contributed by atoms with Gasteiger partial charge in [-0.2, -0.15) is 0 Å². The Labute approximate surface area is 113 Å². The molecule has 0 unspecified atom stereocenters. The minimum Gasteiger partial charge on any atom is -0.383 e. The SMILES string of the molecule is O=S(=O)(NC[C@](O)(c1ccccc1)C1CC1)C1CC1. The summed E-state index contributed by atoms with van der Waals surface area (Å²) in [5.74, 6) is 0.164. The van der Waals surface area contributed by atoms with E-state index in [4.69, 9.17) is 0 Å². The van der Waals surface area contributed by atoms with Crippen LogP contribution in [0.4, 0.5) is 0 Å². The molecular formula is C14H19NO3S. The Hall–Kier alpha value is -0.910. The lowest BCUT2D eigenvalue weighted by atomic mass is 9.89. The quantitative estimate of drug-likeness (QED) is 0.827. The van der Waals surface area contributed by atoms with E-state index in [9.17, 15) is 13.5 Å². The lowest BCUT2D eigenvalue weighted by Gasteiger charge is -2.29. The highest BCUT2D eigenvalue weighted by atomic mass is 32.2. The Morgan fingerprint density at radius 3 is 2.32 bits per heavy atom. The van der Waals surface area contributed by atoms with E-state index in [0.29, 0.717) is 0 Å². The van der Waals surface area contributed by atoms with Crippen molar-refractivity contribution in [2.75, 3.05) is 6.54 Å². The third-order valence-corrected chi connectivity index (χ3v) is 5.93. The molecule has 0 spiro atoms. The van der Waals surface area contributed by atoms with Crippen molar-refractivity contribution in [1.29, 1.82) is 0 Å². The Morgan fingerprint density at radius 2 is 1.79 bits per heavy atom. The highest BCUT2D eigenvalue weighted by Crippen LogP contribution is 2.45. The van der Waals surface area contributed by atoms with Crippen LogP contribution in [-0.2, 0) is 15.6 Å². The number of aliphatic hydroxyl groups is 1. The number of nitrogens with one attached hydrogen (secondary N) is 1. The average molecular weight is 281 g/mol. The predicted molar refractivity (Wildman–Crippen MR) is 73.0 cm³/mol. The van der Waals surface area contributed by atoms with Gasteiger partial charge < -0.3 is 5.11 Å². The van der Waals surface area contributed by atoms with Crippen LogP contribution in [0.25, 0.3) is 0 Å². The molecule has 1 atom stereocenters. The van der Waals surface area contributed by atoms with Crippen LogP contribution < -0.4 is 4.72 Å². The van der Waals surface area contributed by atoms with Gasteiger partial charge in [0.2, 0.25) is 10.0 Å². The normalized spacial score (nSPS) is 23.0. The van der Waals surface area contributed by atoms with Gasteiger partial charge in [-0.3, -0.25) is 0 Å². The fraction of sp³-hybridized carbons (Fsp3) is 0.571. The van der Waals surface area contributed by atoms with Crippen molar-refractivity contribution in [2.24, 2.45) is 5.92 Å². The summed E-state index contributed by atoms with van der Waals surface area (Å²) in [6.45, 7) is 0.0838. The summed E-state index contributed by atoms with van der Waals surface area (Å²) in [5, 5.41) is 10.6. The first-order valence-electron chi connectivity index (χ1n) is 6.79. The maximum absolute atomic E-state index is 11.9. The van der Waals surface area contributed by atoms with E-state index in [1.165, 1.54) is 0 Å². The van der Waals surface area contributed by atoms with Gasteiger partial charge in [0.05, 0.1) is 5.25 Å². The van der Waals surface area contributed by atoms with Gasteiger partial charge in [0.15, 0.2) is 0 Å². The first-order valence-corrected chi connectivity index (χ1v) is 8.33. The fourth-order valence-corrected chi connectivity index (χ4v) is 3.89. The largest absolute Gasteiger partial charge is 0.383 e. The van der Waals surface area contributed by atoms with E-state index in [1.54, 1.807) is 0 Å². The molecule has 3 rings (SSSR count). The predicted octanol–water partition coefficient (Wildman–Crippen LogP) is 1.37. The molecule has 1 aromatic rings. The van der Waals surface area contributed by atoms with Crippen molar-refractivity contribution in [2.45, 2.75) is 36.5 Å².